The summed E-state index contributed by atoms with van der Waals surface area (Å²) in [4.78, 5) is 29.0. The number of rotatable bonds is 2. The summed E-state index contributed by atoms with van der Waals surface area (Å²) < 4.78 is 3.30. The van der Waals surface area contributed by atoms with Crippen molar-refractivity contribution in [3.8, 4) is 11.3 Å². The smallest absolute Gasteiger partial charge is 0.302 e. The molecule has 2 aliphatic rings. The van der Waals surface area contributed by atoms with E-state index in [1.54, 1.807) is 23.2 Å². The third-order valence-electron chi connectivity index (χ3n) is 6.69. The molecule has 2 aromatic carbocycles. The maximum atomic E-state index is 14.0. The molecule has 1 amide bonds. The van der Waals surface area contributed by atoms with Gasteiger partial charge in [0.2, 0.25) is 5.91 Å². The molecule has 3 aromatic rings. The van der Waals surface area contributed by atoms with Gasteiger partial charge in [-0.2, -0.15) is 0 Å². The second-order valence-corrected chi connectivity index (χ2v) is 9.34. The minimum absolute atomic E-state index is 0.0222. The van der Waals surface area contributed by atoms with Gasteiger partial charge in [0.25, 0.3) is 0 Å². The van der Waals surface area contributed by atoms with Crippen LogP contribution in [0.2, 0.25) is 0 Å². The zero-order chi connectivity index (χ0) is 22.2. The maximum absolute atomic E-state index is 14.0. The summed E-state index contributed by atoms with van der Waals surface area (Å²) in [7, 11) is 3.55. The Bertz CT molecular complexity index is 1340. The lowest BCUT2D eigenvalue weighted by molar-refractivity contribution is -0.119. The lowest BCUT2D eigenvalue weighted by Crippen LogP contribution is -2.47. The van der Waals surface area contributed by atoms with Gasteiger partial charge in [0, 0.05) is 25.2 Å². The van der Waals surface area contributed by atoms with Crippen LogP contribution in [0.15, 0.2) is 53.3 Å². The van der Waals surface area contributed by atoms with Gasteiger partial charge in [-0.25, -0.2) is 4.79 Å². The highest BCUT2D eigenvalue weighted by atomic mass is 16.2. The Kier molecular flexibility index (Phi) is 4.00. The maximum Gasteiger partial charge on any atom is 0.328 e. The molecule has 0 fully saturated rings. The minimum atomic E-state index is -0.527. The normalized spacial score (nSPS) is 18.9. The number of aromatic nitrogens is 2. The highest BCUT2D eigenvalue weighted by molar-refractivity contribution is 6.12. The van der Waals surface area contributed by atoms with Crippen LogP contribution in [0.25, 0.3) is 16.8 Å². The van der Waals surface area contributed by atoms with E-state index in [-0.39, 0.29) is 11.6 Å². The van der Waals surface area contributed by atoms with E-state index < -0.39 is 11.5 Å². The molecule has 2 aliphatic heterocycles. The van der Waals surface area contributed by atoms with E-state index in [2.05, 4.69) is 45.9 Å². The molecule has 5 rings (SSSR count). The molecule has 0 radical (unpaired) electrons. The zero-order valence-electron chi connectivity index (χ0n) is 18.9. The summed E-state index contributed by atoms with van der Waals surface area (Å²) >= 11 is 0. The van der Waals surface area contributed by atoms with Gasteiger partial charge < -0.3 is 4.90 Å². The molecule has 0 bridgehead atoms. The number of benzene rings is 2. The number of carbonyl (C=O) groups is 1. The van der Waals surface area contributed by atoms with Crippen molar-refractivity contribution in [2.24, 2.45) is 14.1 Å². The summed E-state index contributed by atoms with van der Waals surface area (Å²) in [5.41, 5.74) is 7.28. The highest BCUT2D eigenvalue weighted by Gasteiger charge is 2.49. The van der Waals surface area contributed by atoms with Gasteiger partial charge in [-0.05, 0) is 44.9 Å². The van der Waals surface area contributed by atoms with Gasteiger partial charge >= 0.3 is 5.69 Å². The highest BCUT2D eigenvalue weighted by Crippen LogP contribution is 2.52. The summed E-state index contributed by atoms with van der Waals surface area (Å²) in [6, 6.07) is 14.1. The first kappa shape index (κ1) is 19.6. The van der Waals surface area contributed by atoms with E-state index in [1.807, 2.05) is 35.2 Å². The molecule has 0 saturated carbocycles. The predicted molar refractivity (Wildman–Crippen MR) is 124 cm³/mol. The number of hydrogen-bond acceptors (Lipinski definition) is 2. The van der Waals surface area contributed by atoms with Crippen molar-refractivity contribution in [1.82, 2.24) is 9.13 Å². The third kappa shape index (κ3) is 2.55. The van der Waals surface area contributed by atoms with Crippen molar-refractivity contribution in [1.29, 1.82) is 0 Å². The predicted octanol–water partition coefficient (Wildman–Crippen LogP) is 4.37. The number of amides is 1. The average molecular weight is 414 g/mol. The zero-order valence-corrected chi connectivity index (χ0v) is 18.9. The lowest BCUT2D eigenvalue weighted by Gasteiger charge is -2.39. The van der Waals surface area contributed by atoms with Gasteiger partial charge in [-0.1, -0.05) is 48.0 Å². The van der Waals surface area contributed by atoms with Gasteiger partial charge in [-0.15, -0.1) is 0 Å². The number of carbonyl (C=O) groups excluding carboxylic acids is 1. The van der Waals surface area contributed by atoms with Gasteiger partial charge in [0.05, 0.1) is 22.6 Å². The average Bonchev–Trinajstić information content (AvgIpc) is 3.12. The van der Waals surface area contributed by atoms with Crippen LogP contribution in [0.4, 0.5) is 5.69 Å². The first-order chi connectivity index (χ1) is 14.6. The first-order valence-electron chi connectivity index (χ1n) is 10.6. The Balaban J connectivity index is 1.86. The van der Waals surface area contributed by atoms with Crippen molar-refractivity contribution in [3.05, 3.63) is 81.4 Å². The molecule has 0 spiro atoms. The Hall–Kier alpha value is -3.34. The van der Waals surface area contributed by atoms with Crippen molar-refractivity contribution < 1.29 is 4.79 Å². The second-order valence-electron chi connectivity index (χ2n) is 9.34. The van der Waals surface area contributed by atoms with E-state index in [0.717, 1.165) is 39.3 Å². The number of allylic oxidation sites excluding steroid dienone is 1. The van der Waals surface area contributed by atoms with Crippen molar-refractivity contribution in [2.75, 3.05) is 4.90 Å². The van der Waals surface area contributed by atoms with Crippen molar-refractivity contribution in [3.63, 3.8) is 0 Å². The van der Waals surface area contributed by atoms with Crippen LogP contribution in [-0.4, -0.2) is 20.6 Å². The molecular weight excluding hydrogens is 386 g/mol. The van der Waals surface area contributed by atoms with E-state index in [9.17, 15) is 9.59 Å². The molecule has 1 atom stereocenters. The van der Waals surface area contributed by atoms with Crippen LogP contribution in [0.3, 0.4) is 0 Å². The first-order valence-corrected chi connectivity index (χ1v) is 10.6. The third-order valence-corrected chi connectivity index (χ3v) is 6.69. The molecule has 1 aromatic heterocycles. The van der Waals surface area contributed by atoms with E-state index in [1.165, 1.54) is 5.57 Å². The fourth-order valence-electron chi connectivity index (χ4n) is 5.48. The van der Waals surface area contributed by atoms with Crippen molar-refractivity contribution in [2.45, 2.75) is 39.2 Å². The number of hydrogen-bond donors (Lipinski definition) is 0. The number of nitrogens with zero attached hydrogens (tertiary/aromatic N) is 3. The Morgan fingerprint density at radius 3 is 2.29 bits per heavy atom. The van der Waals surface area contributed by atoms with Gasteiger partial charge in [0.15, 0.2) is 0 Å². The summed E-state index contributed by atoms with van der Waals surface area (Å²) in [5, 5.41) is 0. The van der Waals surface area contributed by atoms with Crippen LogP contribution in [0, 0.1) is 6.92 Å². The molecule has 5 nitrogen and oxygen atoms in total. The summed E-state index contributed by atoms with van der Waals surface area (Å²) in [6.45, 7) is 8.33. The van der Waals surface area contributed by atoms with E-state index in [0.29, 0.717) is 0 Å². The quantitative estimate of drug-likeness (QED) is 0.626. The SMILES string of the molecule is CC1=CC(C)(C)N2C(=O)C(c3c(-c4ccccc4)n(C)c(=O)n3C)c3cc(C)cc1c32. The number of imidazole rings is 1. The van der Waals surface area contributed by atoms with Crippen LogP contribution in [-0.2, 0) is 18.9 Å². The van der Waals surface area contributed by atoms with Crippen LogP contribution in [0.5, 0.6) is 0 Å². The molecule has 3 heterocycles. The molecule has 0 N–H and O–H groups in total. The lowest BCUT2D eigenvalue weighted by atomic mass is 9.87. The standard InChI is InChI=1S/C26H27N3O2/c1-15-12-18-16(2)14-26(3,4)29-22(18)19(13-15)20(24(29)30)23-21(17-10-8-7-9-11-17)27(5)25(31)28(23)6/h7-14,20H,1-6H3. The van der Waals surface area contributed by atoms with Gasteiger partial charge in [-0.3, -0.25) is 13.9 Å². The van der Waals surface area contributed by atoms with Crippen molar-refractivity contribution >= 4 is 17.2 Å². The Morgan fingerprint density at radius 1 is 0.935 bits per heavy atom. The largest absolute Gasteiger partial charge is 0.328 e. The van der Waals surface area contributed by atoms with Crippen LogP contribution < -0.4 is 10.6 Å². The fraction of sp³-hybridized carbons (Fsp3) is 0.308. The molecule has 0 saturated heterocycles. The van der Waals surface area contributed by atoms with E-state index in [4.69, 9.17) is 0 Å². The fourth-order valence-corrected chi connectivity index (χ4v) is 5.48. The minimum Gasteiger partial charge on any atom is -0.302 e. The van der Waals surface area contributed by atoms with Crippen LogP contribution >= 0.6 is 0 Å². The van der Waals surface area contributed by atoms with E-state index >= 15 is 0 Å². The summed E-state index contributed by atoms with van der Waals surface area (Å²) in [6.07, 6.45) is 2.17. The number of anilines is 1. The number of aryl methyl sites for hydroxylation is 1. The molecular formula is C26H27N3O2. The molecule has 5 heteroatoms. The Morgan fingerprint density at radius 2 is 1.61 bits per heavy atom. The molecule has 1 unspecified atom stereocenters. The van der Waals surface area contributed by atoms with Gasteiger partial charge in [0.1, 0.15) is 5.92 Å². The molecule has 158 valence electrons. The topological polar surface area (TPSA) is 47.2 Å². The monoisotopic (exact) mass is 413 g/mol. The Labute approximate surface area is 182 Å². The molecule has 0 aliphatic carbocycles. The molecule has 31 heavy (non-hydrogen) atoms. The summed E-state index contributed by atoms with van der Waals surface area (Å²) in [5.74, 6) is -0.504. The second kappa shape index (κ2) is 6.33. The van der Waals surface area contributed by atoms with Crippen LogP contribution in [0.1, 0.15) is 49.1 Å².